The highest BCUT2D eigenvalue weighted by atomic mass is 35.5. The molecule has 1 fully saturated rings. The van der Waals surface area contributed by atoms with E-state index in [4.69, 9.17) is 16.3 Å². The lowest BCUT2D eigenvalue weighted by molar-refractivity contribution is -0.116. The van der Waals surface area contributed by atoms with Gasteiger partial charge < -0.3 is 4.74 Å². The maximum atomic E-state index is 14.5. The van der Waals surface area contributed by atoms with E-state index in [0.29, 0.717) is 27.6 Å². The molecule has 4 rings (SSSR count). The van der Waals surface area contributed by atoms with Crippen molar-refractivity contribution in [1.29, 1.82) is 0 Å². The summed E-state index contributed by atoms with van der Waals surface area (Å²) in [6.07, 6.45) is 4.57. The Hall–Kier alpha value is -2.37. The van der Waals surface area contributed by atoms with Crippen LogP contribution in [0.4, 0.5) is 4.79 Å². The number of hydrogen-bond acceptors (Lipinski definition) is 3. The first-order chi connectivity index (χ1) is 20.2. The van der Waals surface area contributed by atoms with Gasteiger partial charge in [0.15, 0.2) is 5.78 Å². The number of carbonyl (C=O) groups is 2. The van der Waals surface area contributed by atoms with E-state index in [0.717, 1.165) is 30.0 Å². The number of halogens is 1. The summed E-state index contributed by atoms with van der Waals surface area (Å²) in [6, 6.07) is 17.7. The zero-order valence-corrected chi connectivity index (χ0v) is 29.4. The summed E-state index contributed by atoms with van der Waals surface area (Å²) in [5.74, 6) is 0.833. The predicted molar refractivity (Wildman–Crippen MR) is 181 cm³/mol. The van der Waals surface area contributed by atoms with Crippen LogP contribution in [0.3, 0.4) is 0 Å². The second-order valence-corrected chi connectivity index (χ2v) is 20.9. The standard InChI is InChI=1S/C37H52ClNO3Si/c1-24(2)43(25(3)4,26(5)6)35-23-39(32(22-33(35)40)28-16-18-30(38)19-17-28)36(41)42-34-21-27(7)15-20-31(34)37(8,9)29-13-11-10-12-14-29/h10-14,16-19,23-27,31-32,34H,15,20-22H2,1-9H3/t27-,31-,32-,34-/m1/s1. The molecule has 1 saturated carbocycles. The Bertz CT molecular complexity index is 1280. The zero-order valence-electron chi connectivity index (χ0n) is 27.7. The third-order valence-corrected chi connectivity index (χ3v) is 18.2. The topological polar surface area (TPSA) is 46.6 Å². The van der Waals surface area contributed by atoms with Crippen molar-refractivity contribution in [2.24, 2.45) is 11.8 Å². The lowest BCUT2D eigenvalue weighted by Gasteiger charge is -2.48. The second-order valence-electron chi connectivity index (χ2n) is 14.6. The van der Waals surface area contributed by atoms with Gasteiger partial charge in [-0.2, -0.15) is 0 Å². The third-order valence-electron chi connectivity index (χ3n) is 10.8. The molecule has 2 aromatic carbocycles. The molecule has 1 aliphatic heterocycles. The van der Waals surface area contributed by atoms with Gasteiger partial charge in [0, 0.05) is 23.6 Å². The second kappa shape index (κ2) is 13.3. The summed E-state index contributed by atoms with van der Waals surface area (Å²) in [7, 11) is -2.33. The van der Waals surface area contributed by atoms with Gasteiger partial charge in [0.25, 0.3) is 0 Å². The zero-order chi connectivity index (χ0) is 31.7. The van der Waals surface area contributed by atoms with Crippen LogP contribution in [-0.2, 0) is 14.9 Å². The molecule has 4 nitrogen and oxygen atoms in total. The maximum absolute atomic E-state index is 14.5. The fraction of sp³-hybridized carbons (Fsp3) is 0.568. The van der Waals surface area contributed by atoms with Crippen molar-refractivity contribution in [3.63, 3.8) is 0 Å². The van der Waals surface area contributed by atoms with E-state index in [2.05, 4.69) is 86.6 Å². The maximum Gasteiger partial charge on any atom is 0.414 e. The van der Waals surface area contributed by atoms with Crippen molar-refractivity contribution >= 4 is 31.6 Å². The van der Waals surface area contributed by atoms with E-state index < -0.39 is 14.1 Å². The summed E-state index contributed by atoms with van der Waals surface area (Å²) in [5, 5.41) is 1.51. The van der Waals surface area contributed by atoms with E-state index in [1.807, 2.05) is 36.5 Å². The van der Waals surface area contributed by atoms with Gasteiger partial charge in [0.05, 0.1) is 6.04 Å². The largest absolute Gasteiger partial charge is 0.446 e. The smallest absolute Gasteiger partial charge is 0.414 e. The van der Waals surface area contributed by atoms with Crippen molar-refractivity contribution in [2.45, 2.75) is 122 Å². The Morgan fingerprint density at radius 1 is 0.930 bits per heavy atom. The van der Waals surface area contributed by atoms with Crippen LogP contribution >= 0.6 is 11.6 Å². The molecular weight excluding hydrogens is 570 g/mol. The number of allylic oxidation sites excluding steroid dienone is 1. The number of benzene rings is 2. The number of carbonyl (C=O) groups excluding carboxylic acids is 2. The van der Waals surface area contributed by atoms with Crippen molar-refractivity contribution in [3.05, 3.63) is 82.1 Å². The molecule has 0 saturated heterocycles. The van der Waals surface area contributed by atoms with E-state index in [-0.39, 0.29) is 35.7 Å². The molecule has 0 aromatic heterocycles. The minimum absolute atomic E-state index is 0.157. The van der Waals surface area contributed by atoms with Gasteiger partial charge in [-0.15, -0.1) is 0 Å². The number of rotatable bonds is 8. The highest BCUT2D eigenvalue weighted by Gasteiger charge is 2.51. The predicted octanol–water partition coefficient (Wildman–Crippen LogP) is 10.7. The fourth-order valence-electron chi connectivity index (χ4n) is 8.67. The number of ketones is 1. The normalized spacial score (nSPS) is 23.6. The first-order valence-electron chi connectivity index (χ1n) is 16.3. The van der Waals surface area contributed by atoms with Crippen molar-refractivity contribution in [2.75, 3.05) is 0 Å². The SMILES string of the molecule is CC(C)[Si](C1=CN(C(=O)O[C@@H]2C[C@H](C)CC[C@H]2C(C)(C)c2ccccc2)[C@@H](c2ccc(Cl)cc2)CC1=O)(C(C)C)C(C)C. The number of amides is 1. The van der Waals surface area contributed by atoms with E-state index in [1.54, 1.807) is 4.90 Å². The molecular formula is C37H52ClNO3Si. The summed E-state index contributed by atoms with van der Waals surface area (Å²) < 4.78 is 6.60. The van der Waals surface area contributed by atoms with E-state index in [9.17, 15) is 9.59 Å². The van der Waals surface area contributed by atoms with Gasteiger partial charge in [-0.1, -0.05) is 123 Å². The Morgan fingerprint density at radius 3 is 2.07 bits per heavy atom. The molecule has 6 heteroatoms. The lowest BCUT2D eigenvalue weighted by atomic mass is 9.64. The van der Waals surface area contributed by atoms with Gasteiger partial charge in [-0.05, 0) is 69.3 Å². The number of hydrogen-bond donors (Lipinski definition) is 0. The molecule has 1 amide bonds. The summed E-state index contributed by atoms with van der Waals surface area (Å²) in [4.78, 5) is 30.3. The number of Topliss-reactive ketones (excluding diaryl/α,β-unsaturated/α-hetero) is 1. The fourth-order valence-corrected chi connectivity index (χ4v) is 15.6. The number of ether oxygens (including phenoxy) is 1. The molecule has 234 valence electrons. The van der Waals surface area contributed by atoms with Crippen LogP contribution in [0.25, 0.3) is 0 Å². The van der Waals surface area contributed by atoms with Gasteiger partial charge in [-0.3, -0.25) is 9.69 Å². The molecule has 43 heavy (non-hydrogen) atoms. The summed E-state index contributed by atoms with van der Waals surface area (Å²) in [5.41, 5.74) is 3.06. The first-order valence-corrected chi connectivity index (χ1v) is 18.9. The molecule has 2 aliphatic rings. The Labute approximate surface area is 266 Å². The quantitative estimate of drug-likeness (QED) is 0.275. The van der Waals surface area contributed by atoms with Crippen LogP contribution in [0.1, 0.15) is 105 Å². The Balaban J connectivity index is 1.78. The molecule has 0 spiro atoms. The molecule has 4 atom stereocenters. The average Bonchev–Trinajstić information content (AvgIpc) is 2.94. The van der Waals surface area contributed by atoms with E-state index >= 15 is 0 Å². The molecule has 0 bridgehead atoms. The van der Waals surface area contributed by atoms with Crippen LogP contribution in [-0.4, -0.2) is 31.0 Å². The minimum Gasteiger partial charge on any atom is -0.446 e. The van der Waals surface area contributed by atoms with Gasteiger partial charge >= 0.3 is 6.09 Å². The van der Waals surface area contributed by atoms with Gasteiger partial charge in [0.1, 0.15) is 14.2 Å². The Kier molecular flexibility index (Phi) is 10.4. The van der Waals surface area contributed by atoms with Crippen molar-refractivity contribution in [1.82, 2.24) is 4.90 Å². The van der Waals surface area contributed by atoms with E-state index in [1.165, 1.54) is 5.56 Å². The van der Waals surface area contributed by atoms with Crippen LogP contribution in [0.2, 0.25) is 21.6 Å². The van der Waals surface area contributed by atoms with Gasteiger partial charge in [-0.25, -0.2) is 4.79 Å². The van der Waals surface area contributed by atoms with Crippen LogP contribution < -0.4 is 0 Å². The van der Waals surface area contributed by atoms with Gasteiger partial charge in [0.2, 0.25) is 0 Å². The average molecular weight is 622 g/mol. The van der Waals surface area contributed by atoms with Crippen molar-refractivity contribution < 1.29 is 14.3 Å². The Morgan fingerprint density at radius 2 is 1.51 bits per heavy atom. The summed E-state index contributed by atoms with van der Waals surface area (Å²) in [6.45, 7) is 20.4. The summed E-state index contributed by atoms with van der Waals surface area (Å²) >= 11 is 6.24. The first kappa shape index (κ1) is 33.5. The molecule has 1 aliphatic carbocycles. The van der Waals surface area contributed by atoms with Crippen LogP contribution in [0.15, 0.2) is 66.0 Å². The third kappa shape index (κ3) is 6.54. The molecule has 0 radical (unpaired) electrons. The lowest BCUT2D eigenvalue weighted by Crippen LogP contribution is -2.52. The molecule has 0 N–H and O–H groups in total. The number of nitrogens with zero attached hydrogens (tertiary/aromatic N) is 1. The molecule has 0 unspecified atom stereocenters. The highest BCUT2D eigenvalue weighted by molar-refractivity contribution is 6.93. The van der Waals surface area contributed by atoms with Crippen molar-refractivity contribution in [3.8, 4) is 0 Å². The molecule has 1 heterocycles. The highest BCUT2D eigenvalue weighted by Crippen LogP contribution is 2.50. The molecule has 2 aromatic rings. The van der Waals surface area contributed by atoms with Crippen LogP contribution in [0.5, 0.6) is 0 Å². The minimum atomic E-state index is -2.33. The monoisotopic (exact) mass is 621 g/mol. The van der Waals surface area contributed by atoms with Crippen LogP contribution in [0, 0.1) is 11.8 Å².